The maximum Gasteiger partial charge on any atom is 0.234 e. The highest BCUT2D eigenvalue weighted by Crippen LogP contribution is 2.07. The molecule has 0 radical (unpaired) electrons. The third-order valence-electron chi connectivity index (χ3n) is 2.80. The van der Waals surface area contributed by atoms with Gasteiger partial charge in [-0.05, 0) is 45.9 Å². The second-order valence-electron chi connectivity index (χ2n) is 4.32. The van der Waals surface area contributed by atoms with E-state index < -0.39 is 0 Å². The van der Waals surface area contributed by atoms with Crippen LogP contribution in [0, 0.1) is 0 Å². The van der Waals surface area contributed by atoms with Crippen LogP contribution in [0.2, 0.25) is 0 Å². The van der Waals surface area contributed by atoms with Gasteiger partial charge >= 0.3 is 0 Å². The van der Waals surface area contributed by atoms with Crippen molar-refractivity contribution < 1.29 is 4.79 Å². The Kier molecular flexibility index (Phi) is 5.65. The van der Waals surface area contributed by atoms with Crippen LogP contribution in [0.15, 0.2) is 0 Å². The first-order chi connectivity index (χ1) is 7.22. The van der Waals surface area contributed by atoms with Gasteiger partial charge in [0.05, 0.1) is 6.54 Å². The number of amides is 1. The number of hydrogen-bond donors (Lipinski definition) is 2. The topological polar surface area (TPSA) is 44.4 Å². The molecule has 1 heterocycles. The molecular formula is C11H23N3O. The van der Waals surface area contributed by atoms with Gasteiger partial charge in [0.25, 0.3) is 0 Å². The van der Waals surface area contributed by atoms with Gasteiger partial charge in [-0.3, -0.25) is 4.79 Å². The van der Waals surface area contributed by atoms with E-state index in [1.165, 1.54) is 0 Å². The van der Waals surface area contributed by atoms with E-state index in [1.54, 1.807) is 0 Å². The normalized spacial score (nSPS) is 19.1. The molecule has 0 bridgehead atoms. The summed E-state index contributed by atoms with van der Waals surface area (Å²) in [6, 6.07) is 0.386. The van der Waals surface area contributed by atoms with Gasteiger partial charge in [-0.15, -0.1) is 0 Å². The molecule has 0 aromatic rings. The zero-order valence-corrected chi connectivity index (χ0v) is 9.88. The highest BCUT2D eigenvalue weighted by molar-refractivity contribution is 5.78. The van der Waals surface area contributed by atoms with E-state index in [-0.39, 0.29) is 5.91 Å². The van der Waals surface area contributed by atoms with E-state index in [2.05, 4.69) is 29.5 Å². The van der Waals surface area contributed by atoms with Crippen molar-refractivity contribution in [3.8, 4) is 0 Å². The molecule has 0 unspecified atom stereocenters. The summed E-state index contributed by atoms with van der Waals surface area (Å²) in [6.07, 6.45) is 3.23. The zero-order valence-electron chi connectivity index (χ0n) is 9.88. The number of hydrogen-bond acceptors (Lipinski definition) is 3. The van der Waals surface area contributed by atoms with Crippen LogP contribution in [0.4, 0.5) is 0 Å². The smallest absolute Gasteiger partial charge is 0.234 e. The standard InChI is InChI=1S/C11H23N3O/c1-3-6-12-9-11(15)13-10-4-7-14(2)8-5-10/h10,12H,3-9H2,1-2H3,(H,13,15). The van der Waals surface area contributed by atoms with Crippen LogP contribution in [-0.2, 0) is 4.79 Å². The Labute approximate surface area is 92.4 Å². The van der Waals surface area contributed by atoms with Crippen molar-refractivity contribution >= 4 is 5.91 Å². The van der Waals surface area contributed by atoms with Crippen LogP contribution in [0.25, 0.3) is 0 Å². The lowest BCUT2D eigenvalue weighted by molar-refractivity contribution is -0.121. The summed E-state index contributed by atoms with van der Waals surface area (Å²) in [5.74, 6) is 0.137. The minimum atomic E-state index is 0.137. The fourth-order valence-corrected chi connectivity index (χ4v) is 1.81. The van der Waals surface area contributed by atoms with Crippen molar-refractivity contribution in [2.45, 2.75) is 32.2 Å². The first-order valence-corrected chi connectivity index (χ1v) is 5.91. The van der Waals surface area contributed by atoms with Crippen molar-refractivity contribution in [3.05, 3.63) is 0 Å². The Morgan fingerprint density at radius 2 is 2.07 bits per heavy atom. The molecule has 1 saturated heterocycles. The largest absolute Gasteiger partial charge is 0.352 e. The zero-order chi connectivity index (χ0) is 11.1. The Balaban J connectivity index is 2.09. The van der Waals surface area contributed by atoms with E-state index >= 15 is 0 Å². The van der Waals surface area contributed by atoms with Crippen molar-refractivity contribution in [2.75, 3.05) is 33.2 Å². The summed E-state index contributed by atoms with van der Waals surface area (Å²) < 4.78 is 0. The Hall–Kier alpha value is -0.610. The number of carbonyl (C=O) groups is 1. The van der Waals surface area contributed by atoms with E-state index in [9.17, 15) is 4.79 Å². The summed E-state index contributed by atoms with van der Waals surface area (Å²) in [5, 5.41) is 6.18. The fourth-order valence-electron chi connectivity index (χ4n) is 1.81. The summed E-state index contributed by atoms with van der Waals surface area (Å²) in [5.41, 5.74) is 0. The van der Waals surface area contributed by atoms with Crippen molar-refractivity contribution in [3.63, 3.8) is 0 Å². The van der Waals surface area contributed by atoms with Gasteiger partial charge < -0.3 is 15.5 Å². The first-order valence-electron chi connectivity index (χ1n) is 5.91. The highest BCUT2D eigenvalue weighted by atomic mass is 16.1. The Morgan fingerprint density at radius 1 is 1.40 bits per heavy atom. The van der Waals surface area contributed by atoms with Crippen molar-refractivity contribution in [2.24, 2.45) is 0 Å². The molecule has 0 aromatic heterocycles. The molecule has 1 fully saturated rings. The van der Waals surface area contributed by atoms with Crippen LogP contribution in [0.1, 0.15) is 26.2 Å². The molecule has 0 saturated carbocycles. The number of nitrogens with one attached hydrogen (secondary N) is 2. The lowest BCUT2D eigenvalue weighted by atomic mass is 10.1. The second-order valence-corrected chi connectivity index (χ2v) is 4.32. The number of rotatable bonds is 5. The summed E-state index contributed by atoms with van der Waals surface area (Å²) >= 11 is 0. The average molecular weight is 213 g/mol. The number of nitrogens with zero attached hydrogens (tertiary/aromatic N) is 1. The summed E-state index contributed by atoms with van der Waals surface area (Å²) in [6.45, 7) is 5.66. The second kappa shape index (κ2) is 6.80. The molecule has 0 atom stereocenters. The van der Waals surface area contributed by atoms with E-state index in [4.69, 9.17) is 0 Å². The lowest BCUT2D eigenvalue weighted by Gasteiger charge is -2.29. The molecule has 1 amide bonds. The predicted molar refractivity (Wildman–Crippen MR) is 61.8 cm³/mol. The van der Waals surface area contributed by atoms with E-state index in [0.717, 1.165) is 38.9 Å². The molecule has 0 aliphatic carbocycles. The SMILES string of the molecule is CCCNCC(=O)NC1CCN(C)CC1. The monoisotopic (exact) mass is 213 g/mol. The Bertz CT molecular complexity index is 188. The molecule has 88 valence electrons. The number of likely N-dealkylation sites (tertiary alicyclic amines) is 1. The number of carbonyl (C=O) groups excluding carboxylic acids is 1. The molecular weight excluding hydrogens is 190 g/mol. The fraction of sp³-hybridized carbons (Fsp3) is 0.909. The lowest BCUT2D eigenvalue weighted by Crippen LogP contribution is -2.46. The molecule has 4 nitrogen and oxygen atoms in total. The van der Waals surface area contributed by atoms with Crippen LogP contribution in [0.5, 0.6) is 0 Å². The van der Waals surface area contributed by atoms with Crippen LogP contribution in [-0.4, -0.2) is 50.1 Å². The van der Waals surface area contributed by atoms with Gasteiger partial charge in [0.15, 0.2) is 0 Å². The molecule has 4 heteroatoms. The summed E-state index contributed by atoms with van der Waals surface area (Å²) in [7, 11) is 2.13. The molecule has 1 aliphatic heterocycles. The Morgan fingerprint density at radius 3 is 2.67 bits per heavy atom. The van der Waals surface area contributed by atoms with Gasteiger partial charge in [0.2, 0.25) is 5.91 Å². The van der Waals surface area contributed by atoms with E-state index in [1.807, 2.05) is 0 Å². The van der Waals surface area contributed by atoms with Crippen LogP contribution >= 0.6 is 0 Å². The molecule has 0 aromatic carbocycles. The minimum Gasteiger partial charge on any atom is -0.352 e. The summed E-state index contributed by atoms with van der Waals surface area (Å²) in [4.78, 5) is 13.8. The van der Waals surface area contributed by atoms with Gasteiger partial charge in [-0.1, -0.05) is 6.92 Å². The van der Waals surface area contributed by atoms with E-state index in [0.29, 0.717) is 12.6 Å². The van der Waals surface area contributed by atoms with Crippen LogP contribution in [0.3, 0.4) is 0 Å². The van der Waals surface area contributed by atoms with Gasteiger partial charge in [-0.2, -0.15) is 0 Å². The highest BCUT2D eigenvalue weighted by Gasteiger charge is 2.17. The minimum absolute atomic E-state index is 0.137. The third kappa shape index (κ3) is 5.14. The maximum atomic E-state index is 11.5. The molecule has 15 heavy (non-hydrogen) atoms. The third-order valence-corrected chi connectivity index (χ3v) is 2.80. The van der Waals surface area contributed by atoms with Gasteiger partial charge in [0, 0.05) is 6.04 Å². The average Bonchev–Trinajstić information content (AvgIpc) is 2.22. The molecule has 2 N–H and O–H groups in total. The molecule has 1 aliphatic rings. The van der Waals surface area contributed by atoms with Gasteiger partial charge in [0.1, 0.15) is 0 Å². The first kappa shape index (κ1) is 12.5. The quantitative estimate of drug-likeness (QED) is 0.641. The van der Waals surface area contributed by atoms with Crippen molar-refractivity contribution in [1.29, 1.82) is 0 Å². The van der Waals surface area contributed by atoms with Crippen LogP contribution < -0.4 is 10.6 Å². The van der Waals surface area contributed by atoms with Crippen molar-refractivity contribution in [1.82, 2.24) is 15.5 Å². The predicted octanol–water partition coefficient (Wildman–Crippen LogP) is 0.196. The van der Waals surface area contributed by atoms with Gasteiger partial charge in [-0.25, -0.2) is 0 Å². The number of piperidine rings is 1. The maximum absolute atomic E-state index is 11.5. The molecule has 1 rings (SSSR count). The molecule has 0 spiro atoms.